The van der Waals surface area contributed by atoms with Crippen LogP contribution in [0, 0.1) is 11.8 Å². The van der Waals surface area contributed by atoms with E-state index in [9.17, 15) is 14.4 Å². The topological polar surface area (TPSA) is 75.7 Å². The van der Waals surface area contributed by atoms with E-state index in [0.29, 0.717) is 47.9 Å². The molecule has 0 unspecified atom stereocenters. The van der Waals surface area contributed by atoms with Crippen molar-refractivity contribution < 1.29 is 19.1 Å². The Morgan fingerprint density at radius 3 is 1.64 bits per heavy atom. The highest BCUT2D eigenvalue weighted by atomic mass is 35.5. The van der Waals surface area contributed by atoms with E-state index in [-0.39, 0.29) is 24.3 Å². The number of nitrogens with one attached hydrogen (secondary N) is 1. The minimum Gasteiger partial charge on any atom is -0.457 e. The first-order chi connectivity index (χ1) is 21.7. The summed E-state index contributed by atoms with van der Waals surface area (Å²) in [6.07, 6.45) is 2.18. The van der Waals surface area contributed by atoms with Crippen LogP contribution in [0.15, 0.2) is 97.1 Å². The Morgan fingerprint density at radius 1 is 0.689 bits per heavy atom. The van der Waals surface area contributed by atoms with Gasteiger partial charge >= 0.3 is 0 Å². The summed E-state index contributed by atoms with van der Waals surface area (Å²) in [6.45, 7) is 0.258. The normalized spacial score (nSPS) is 24.2. The molecule has 3 aliphatic carbocycles. The molecule has 0 radical (unpaired) electrons. The maximum absolute atomic E-state index is 13.9. The van der Waals surface area contributed by atoms with Crippen molar-refractivity contribution in [3.63, 3.8) is 0 Å². The molecule has 8 rings (SSSR count). The van der Waals surface area contributed by atoms with Crippen LogP contribution in [0.1, 0.15) is 47.9 Å². The summed E-state index contributed by atoms with van der Waals surface area (Å²) in [4.78, 5) is 39.4. The van der Waals surface area contributed by atoms with Gasteiger partial charge in [0.05, 0.1) is 11.8 Å². The summed E-state index contributed by atoms with van der Waals surface area (Å²) >= 11 is 20.9. The van der Waals surface area contributed by atoms with E-state index in [1.165, 1.54) is 4.90 Å². The molecule has 1 N–H and O–H groups in total. The van der Waals surface area contributed by atoms with Crippen LogP contribution in [0.5, 0.6) is 11.5 Å². The molecule has 2 atom stereocenters. The summed E-state index contributed by atoms with van der Waals surface area (Å²) in [5.41, 5.74) is 3.83. The smallest absolute Gasteiger partial charge is 0.235 e. The van der Waals surface area contributed by atoms with Crippen molar-refractivity contribution >= 4 is 58.2 Å². The fraction of sp³-hybridized carbons (Fsp3) is 0.250. The maximum atomic E-state index is 13.9. The Kier molecular flexibility index (Phi) is 7.63. The van der Waals surface area contributed by atoms with E-state index in [2.05, 4.69) is 5.32 Å². The third-order valence-corrected chi connectivity index (χ3v) is 10.7. The summed E-state index contributed by atoms with van der Waals surface area (Å²) in [7, 11) is 0. The third kappa shape index (κ3) is 4.82. The zero-order valence-corrected chi connectivity index (χ0v) is 26.4. The summed E-state index contributed by atoms with van der Waals surface area (Å²) < 4.78 is 5.79. The van der Waals surface area contributed by atoms with Crippen molar-refractivity contribution in [2.75, 3.05) is 11.9 Å². The molecule has 2 bridgehead atoms. The van der Waals surface area contributed by atoms with Gasteiger partial charge in [0.15, 0.2) is 0 Å². The highest BCUT2D eigenvalue weighted by molar-refractivity contribution is 6.36. The molecule has 0 saturated carbocycles. The number of ether oxygens (including phenoxy) is 1. The Bertz CT molecular complexity index is 1690. The molecule has 228 valence electrons. The van der Waals surface area contributed by atoms with Gasteiger partial charge in [-0.1, -0.05) is 66.6 Å². The first kappa shape index (κ1) is 29.8. The van der Waals surface area contributed by atoms with E-state index in [4.69, 9.17) is 39.5 Å². The molecule has 1 aliphatic heterocycles. The number of unbranched alkanes of at least 4 members (excludes halogenated alkanes) is 2. The van der Waals surface area contributed by atoms with Gasteiger partial charge in [-0.25, -0.2) is 0 Å². The van der Waals surface area contributed by atoms with Gasteiger partial charge in [0, 0.05) is 23.7 Å². The number of nitrogens with zero attached hydrogens (tertiary/aromatic N) is 1. The molecule has 4 aliphatic rings. The molecule has 0 aromatic heterocycles. The SMILES string of the molecule is O=C(CCCCCN1C(=O)[C@H]2[C@H](C1=O)C1(Cl)c3ccccc3C2(Cl)c2ccccc21)Nc1ccc(Oc2ccc(Cl)cc2)cc1. The van der Waals surface area contributed by atoms with Gasteiger partial charge in [0.1, 0.15) is 21.2 Å². The minimum atomic E-state index is -1.17. The number of alkyl halides is 2. The van der Waals surface area contributed by atoms with Gasteiger partial charge in [0.25, 0.3) is 0 Å². The quantitative estimate of drug-likeness (QED) is 0.112. The molecule has 4 aromatic carbocycles. The monoisotopic (exact) mass is 658 g/mol. The number of carbonyl (C=O) groups is 3. The van der Waals surface area contributed by atoms with E-state index in [1.807, 2.05) is 48.5 Å². The van der Waals surface area contributed by atoms with Crippen molar-refractivity contribution in [3.05, 3.63) is 124 Å². The van der Waals surface area contributed by atoms with E-state index in [1.54, 1.807) is 48.5 Å². The number of anilines is 1. The maximum Gasteiger partial charge on any atom is 0.235 e. The number of hydrogen-bond acceptors (Lipinski definition) is 4. The molecule has 1 heterocycles. The van der Waals surface area contributed by atoms with Crippen LogP contribution in [-0.4, -0.2) is 29.2 Å². The third-order valence-electron chi connectivity index (χ3n) is 9.15. The summed E-state index contributed by atoms with van der Waals surface area (Å²) in [5.74, 6) is -0.946. The van der Waals surface area contributed by atoms with Gasteiger partial charge in [-0.3, -0.25) is 19.3 Å². The van der Waals surface area contributed by atoms with E-state index in [0.717, 1.165) is 22.3 Å². The highest BCUT2D eigenvalue weighted by Gasteiger charge is 2.72. The second kappa shape index (κ2) is 11.5. The zero-order valence-electron chi connectivity index (χ0n) is 24.1. The molecule has 4 aromatic rings. The van der Waals surface area contributed by atoms with Crippen LogP contribution < -0.4 is 10.1 Å². The van der Waals surface area contributed by atoms with E-state index >= 15 is 0 Å². The Hall–Kier alpha value is -3.84. The first-order valence-electron chi connectivity index (χ1n) is 15.0. The number of hydrogen-bond donors (Lipinski definition) is 1. The number of imide groups is 1. The molecular weight excluding hydrogens is 631 g/mol. The second-order valence-corrected chi connectivity index (χ2v) is 13.4. The lowest BCUT2D eigenvalue weighted by molar-refractivity contribution is -0.140. The largest absolute Gasteiger partial charge is 0.457 e. The number of halogens is 3. The fourth-order valence-corrected chi connectivity index (χ4v) is 8.37. The van der Waals surface area contributed by atoms with Gasteiger partial charge in [-0.2, -0.15) is 0 Å². The lowest BCUT2D eigenvalue weighted by Gasteiger charge is -2.54. The van der Waals surface area contributed by atoms with Gasteiger partial charge < -0.3 is 10.1 Å². The van der Waals surface area contributed by atoms with Crippen LogP contribution >= 0.6 is 34.8 Å². The number of amides is 3. The number of carbonyl (C=O) groups excluding carboxylic acids is 3. The predicted molar refractivity (Wildman–Crippen MR) is 175 cm³/mol. The Balaban J connectivity index is 0.952. The molecule has 9 heteroatoms. The Labute approximate surface area is 276 Å². The predicted octanol–water partition coefficient (Wildman–Crippen LogP) is 8.22. The Morgan fingerprint density at radius 2 is 1.16 bits per heavy atom. The van der Waals surface area contributed by atoms with Gasteiger partial charge in [-0.15, -0.1) is 23.2 Å². The number of rotatable bonds is 9. The zero-order chi connectivity index (χ0) is 31.3. The first-order valence-corrected chi connectivity index (χ1v) is 16.1. The highest BCUT2D eigenvalue weighted by Crippen LogP contribution is 2.69. The van der Waals surface area contributed by atoms with Gasteiger partial charge in [0.2, 0.25) is 17.7 Å². The molecule has 1 fully saturated rings. The van der Waals surface area contributed by atoms with Crippen molar-refractivity contribution in [1.29, 1.82) is 0 Å². The van der Waals surface area contributed by atoms with E-state index < -0.39 is 21.6 Å². The minimum absolute atomic E-state index is 0.110. The van der Waals surface area contributed by atoms with Crippen LogP contribution in [-0.2, 0) is 24.1 Å². The number of benzene rings is 4. The van der Waals surface area contributed by atoms with Crippen molar-refractivity contribution in [3.8, 4) is 11.5 Å². The number of likely N-dealkylation sites (tertiary alicyclic amines) is 1. The molecule has 3 amide bonds. The molecule has 0 spiro atoms. The van der Waals surface area contributed by atoms with Crippen molar-refractivity contribution in [1.82, 2.24) is 4.90 Å². The molecule has 45 heavy (non-hydrogen) atoms. The fourth-order valence-electron chi connectivity index (χ4n) is 7.15. The van der Waals surface area contributed by atoms with Crippen LogP contribution in [0.25, 0.3) is 0 Å². The van der Waals surface area contributed by atoms with Crippen molar-refractivity contribution in [2.45, 2.75) is 35.4 Å². The average molecular weight is 660 g/mol. The van der Waals surface area contributed by atoms with Crippen LogP contribution in [0.4, 0.5) is 5.69 Å². The second-order valence-electron chi connectivity index (χ2n) is 11.7. The molecule has 1 saturated heterocycles. The van der Waals surface area contributed by atoms with Crippen molar-refractivity contribution in [2.24, 2.45) is 11.8 Å². The van der Waals surface area contributed by atoms with Gasteiger partial charge in [-0.05, 0) is 83.6 Å². The molecule has 6 nitrogen and oxygen atoms in total. The standard InChI is InChI=1S/C36H29Cl3N2O4/c37-22-13-17-24(18-14-22)45-25-19-15-23(16-20-25)40-30(42)12-2-1-7-21-41-33(43)31-32(34(41)44)36(39)27-9-4-3-8-26(27)35(31,38)28-10-5-6-11-29(28)36/h3-6,8-11,13-20,31-32H,1-2,7,12,21H2,(H,40,42)/t31-,32-,35?,36?/m1/s1. The van der Waals surface area contributed by atoms with Crippen LogP contribution in [0.2, 0.25) is 5.02 Å². The van der Waals surface area contributed by atoms with Crippen LogP contribution in [0.3, 0.4) is 0 Å². The summed E-state index contributed by atoms with van der Waals surface area (Å²) in [5, 5.41) is 3.54. The summed E-state index contributed by atoms with van der Waals surface area (Å²) in [6, 6.07) is 29.4. The lowest BCUT2D eigenvalue weighted by atomic mass is 9.54. The average Bonchev–Trinajstić information content (AvgIpc) is 3.31. The molecular formula is C36H29Cl3N2O4. The lowest BCUT2D eigenvalue weighted by Crippen LogP contribution is -2.57.